The first-order valence-electron chi connectivity index (χ1n) is 12.9. The van der Waals surface area contributed by atoms with Crippen LogP contribution in [0.15, 0.2) is 24.5 Å². The third-order valence-electron chi connectivity index (χ3n) is 7.52. The summed E-state index contributed by atoms with van der Waals surface area (Å²) in [4.78, 5) is 25.6. The van der Waals surface area contributed by atoms with Gasteiger partial charge in [-0.25, -0.2) is 18.7 Å². The number of amides is 1. The number of nitrogens with zero attached hydrogens (tertiary/aromatic N) is 3. The number of hydrogen-bond donors (Lipinski definition) is 3. The number of anilines is 1. The van der Waals surface area contributed by atoms with E-state index in [2.05, 4.69) is 25.6 Å². The average Bonchev–Trinajstić information content (AvgIpc) is 3.50. The number of aromatic amines is 1. The molecule has 1 fully saturated rings. The van der Waals surface area contributed by atoms with Gasteiger partial charge in [-0.3, -0.25) is 4.79 Å². The van der Waals surface area contributed by atoms with Crippen molar-refractivity contribution in [2.75, 3.05) is 38.8 Å². The molecule has 0 spiro atoms. The Bertz CT molecular complexity index is 1500. The Labute approximate surface area is 227 Å². The Morgan fingerprint density at radius 1 is 1.12 bits per heavy atom. The van der Waals surface area contributed by atoms with Crippen LogP contribution >= 0.6 is 7.14 Å². The van der Waals surface area contributed by atoms with Crippen LogP contribution in [0.3, 0.4) is 0 Å². The largest absolute Gasteiger partial charge is 0.419 e. The lowest BCUT2D eigenvalue weighted by atomic mass is 10.0. The molecule has 0 saturated heterocycles. The molecule has 0 unspecified atom stereocenters. The maximum Gasteiger partial charge on any atom is 0.419 e. The van der Waals surface area contributed by atoms with Gasteiger partial charge in [0.1, 0.15) is 12.7 Å². The molecular weight excluding hydrogens is 554 g/mol. The normalized spacial score (nSPS) is 22.3. The van der Waals surface area contributed by atoms with Gasteiger partial charge >= 0.3 is 6.18 Å². The monoisotopic (exact) mass is 584 g/mol. The van der Waals surface area contributed by atoms with E-state index in [0.29, 0.717) is 24.6 Å². The number of hydrogen-bond acceptors (Lipinski definition) is 6. The first-order valence-corrected chi connectivity index (χ1v) is 15.5. The standard InChI is InChI=1S/C26H30F5N6O2P/c1-37-9-8-25(27,28)13-34-14-4-5-15(10-14)35-24-33-12-19(26(29,30)31)20(36-24)18-11-32-21-16(18)6-7-17(23(37)38)22(21)40(2,3)39/h6-7,11-12,14-15,32,34H,4-5,8-10,13H2,1-3H3,(H,33,35,36)/t14-,15-/m0/s1. The third-order valence-corrected chi connectivity index (χ3v) is 9.06. The van der Waals surface area contributed by atoms with Crippen molar-refractivity contribution < 1.29 is 31.3 Å². The molecule has 40 heavy (non-hydrogen) atoms. The number of fused-ring (bicyclic) bond motifs is 7. The molecule has 1 saturated carbocycles. The molecule has 1 aromatic carbocycles. The van der Waals surface area contributed by atoms with Crippen LogP contribution in [-0.2, 0) is 10.7 Å². The lowest BCUT2D eigenvalue weighted by Crippen LogP contribution is -2.41. The fraction of sp³-hybridized carbons (Fsp3) is 0.500. The SMILES string of the molecule is CN1CCC(F)(F)CN[C@H]2CC[C@@H](C2)Nc2ncc(C(F)(F)F)c(n2)-c2c[nH]c3c(P(C)(C)=O)c(ccc23)C1=O. The molecule has 3 aliphatic rings. The van der Waals surface area contributed by atoms with E-state index >= 15 is 0 Å². The van der Waals surface area contributed by atoms with Crippen LogP contribution < -0.4 is 15.9 Å². The topological polar surface area (TPSA) is 103 Å². The van der Waals surface area contributed by atoms with Crippen LogP contribution in [0.4, 0.5) is 27.9 Å². The second-order valence-electron chi connectivity index (χ2n) is 11.0. The van der Waals surface area contributed by atoms with Crippen molar-refractivity contribution in [1.29, 1.82) is 0 Å². The van der Waals surface area contributed by atoms with E-state index < -0.39 is 43.7 Å². The molecule has 3 aromatic rings. The second-order valence-corrected chi connectivity index (χ2v) is 14.1. The highest BCUT2D eigenvalue weighted by atomic mass is 31.2. The van der Waals surface area contributed by atoms with Gasteiger partial charge in [-0.15, -0.1) is 0 Å². The predicted octanol–water partition coefficient (Wildman–Crippen LogP) is 4.93. The molecule has 8 bridgehead atoms. The Kier molecular flexibility index (Phi) is 7.19. The van der Waals surface area contributed by atoms with Gasteiger partial charge in [0.2, 0.25) is 5.95 Å². The molecule has 4 heterocycles. The predicted molar refractivity (Wildman–Crippen MR) is 143 cm³/mol. The fourth-order valence-corrected chi connectivity index (χ4v) is 6.95. The maximum atomic E-state index is 14.7. The van der Waals surface area contributed by atoms with Crippen molar-refractivity contribution in [2.24, 2.45) is 0 Å². The zero-order valence-electron chi connectivity index (χ0n) is 22.2. The number of rotatable bonds is 1. The third kappa shape index (κ3) is 5.58. The van der Waals surface area contributed by atoms with Crippen molar-refractivity contribution in [1.82, 2.24) is 25.2 Å². The number of nitrogens with one attached hydrogen (secondary N) is 3. The van der Waals surface area contributed by atoms with E-state index in [1.54, 1.807) is 0 Å². The highest BCUT2D eigenvalue weighted by molar-refractivity contribution is 7.70. The summed E-state index contributed by atoms with van der Waals surface area (Å²) in [6.45, 7) is 2.06. The summed E-state index contributed by atoms with van der Waals surface area (Å²) in [5.41, 5.74) is -1.04. The van der Waals surface area contributed by atoms with Crippen molar-refractivity contribution >= 4 is 35.2 Å². The van der Waals surface area contributed by atoms with Gasteiger partial charge in [-0.1, -0.05) is 6.07 Å². The smallest absolute Gasteiger partial charge is 0.360 e. The van der Waals surface area contributed by atoms with Gasteiger partial charge in [-0.05, 0) is 38.7 Å². The minimum Gasteiger partial charge on any atom is -0.360 e. The molecule has 2 aliphatic heterocycles. The highest BCUT2D eigenvalue weighted by Crippen LogP contribution is 2.43. The van der Waals surface area contributed by atoms with Crippen molar-refractivity contribution in [2.45, 2.75) is 49.9 Å². The lowest BCUT2D eigenvalue weighted by molar-refractivity contribution is -0.137. The van der Waals surface area contributed by atoms with Crippen LogP contribution in [-0.4, -0.2) is 77.2 Å². The zero-order chi connectivity index (χ0) is 29.0. The Balaban J connectivity index is 1.70. The van der Waals surface area contributed by atoms with Gasteiger partial charge in [0.25, 0.3) is 11.8 Å². The second kappa shape index (κ2) is 10.1. The molecule has 6 rings (SSSR count). The highest BCUT2D eigenvalue weighted by Gasteiger charge is 2.38. The van der Waals surface area contributed by atoms with Gasteiger partial charge in [0.15, 0.2) is 0 Å². The summed E-state index contributed by atoms with van der Waals surface area (Å²) in [5.74, 6) is -3.71. The van der Waals surface area contributed by atoms with E-state index in [-0.39, 0.29) is 52.2 Å². The number of aromatic nitrogens is 3. The molecule has 1 aliphatic carbocycles. The van der Waals surface area contributed by atoms with Gasteiger partial charge in [-0.2, -0.15) is 13.2 Å². The molecule has 2 atom stereocenters. The molecular formula is C26H30F5N6O2P. The van der Waals surface area contributed by atoms with Crippen LogP contribution in [0.25, 0.3) is 22.2 Å². The van der Waals surface area contributed by atoms with Crippen LogP contribution in [0, 0.1) is 0 Å². The van der Waals surface area contributed by atoms with Crippen LogP contribution in [0.5, 0.6) is 0 Å². The number of halogens is 5. The molecule has 3 N–H and O–H groups in total. The van der Waals surface area contributed by atoms with Crippen LogP contribution in [0.2, 0.25) is 0 Å². The van der Waals surface area contributed by atoms with Gasteiger partial charge < -0.3 is 25.1 Å². The van der Waals surface area contributed by atoms with E-state index in [9.17, 15) is 31.3 Å². The van der Waals surface area contributed by atoms with Crippen molar-refractivity contribution in [3.8, 4) is 11.3 Å². The van der Waals surface area contributed by atoms with Gasteiger partial charge in [0, 0.05) is 60.7 Å². The molecule has 216 valence electrons. The van der Waals surface area contributed by atoms with Crippen molar-refractivity contribution in [3.63, 3.8) is 0 Å². The zero-order valence-corrected chi connectivity index (χ0v) is 23.1. The summed E-state index contributed by atoms with van der Waals surface area (Å²) in [6, 6.07) is 2.41. The Morgan fingerprint density at radius 2 is 1.85 bits per heavy atom. The summed E-state index contributed by atoms with van der Waals surface area (Å²) in [6.07, 6.45) is -1.60. The summed E-state index contributed by atoms with van der Waals surface area (Å²) in [7, 11) is -1.81. The molecule has 8 nitrogen and oxygen atoms in total. The number of carbonyl (C=O) groups excluding carboxylic acids is 1. The Morgan fingerprint density at radius 3 is 2.55 bits per heavy atom. The maximum absolute atomic E-state index is 14.7. The lowest BCUT2D eigenvalue weighted by Gasteiger charge is -2.25. The molecule has 0 radical (unpaired) electrons. The first kappa shape index (κ1) is 28.5. The molecule has 1 amide bonds. The quantitative estimate of drug-likeness (QED) is 0.277. The minimum atomic E-state index is -4.76. The average molecular weight is 585 g/mol. The van der Waals surface area contributed by atoms with E-state index in [1.165, 1.54) is 38.7 Å². The number of alkyl halides is 5. The molecule has 2 aromatic heterocycles. The summed E-state index contributed by atoms with van der Waals surface area (Å²) in [5, 5.41) is 6.38. The van der Waals surface area contributed by atoms with Gasteiger partial charge in [0.05, 0.1) is 23.3 Å². The molecule has 14 heteroatoms. The number of benzene rings is 1. The fourth-order valence-electron chi connectivity index (χ4n) is 5.48. The van der Waals surface area contributed by atoms with Crippen molar-refractivity contribution in [3.05, 3.63) is 35.7 Å². The minimum absolute atomic E-state index is 0.0171. The number of H-pyrrole nitrogens is 1. The Hall–Kier alpha value is -3.05. The summed E-state index contributed by atoms with van der Waals surface area (Å²) < 4.78 is 85.1. The first-order chi connectivity index (χ1) is 18.6. The summed E-state index contributed by atoms with van der Waals surface area (Å²) >= 11 is 0. The van der Waals surface area contributed by atoms with E-state index in [1.807, 2.05) is 0 Å². The van der Waals surface area contributed by atoms with E-state index in [4.69, 9.17) is 0 Å². The van der Waals surface area contributed by atoms with E-state index in [0.717, 1.165) is 11.1 Å². The number of carbonyl (C=O) groups is 1. The van der Waals surface area contributed by atoms with Crippen LogP contribution in [0.1, 0.15) is 41.6 Å².